The van der Waals surface area contributed by atoms with Crippen molar-refractivity contribution in [1.29, 1.82) is 0 Å². The molecule has 1 aliphatic rings. The number of ether oxygens (including phenoxy) is 7. The van der Waals surface area contributed by atoms with Gasteiger partial charge in [0.25, 0.3) is 0 Å². The Kier molecular flexibility index (Phi) is 13.3. The van der Waals surface area contributed by atoms with Gasteiger partial charge in [0.05, 0.1) is 66.1 Å². The fourth-order valence-electron chi connectivity index (χ4n) is 6.02. The van der Waals surface area contributed by atoms with Gasteiger partial charge in [-0.1, -0.05) is 54.6 Å². The maximum Gasteiger partial charge on any atom is 0.127 e. The average Bonchev–Trinajstić information content (AvgIpc) is 3.11. The predicted molar refractivity (Wildman–Crippen MR) is 182 cm³/mol. The number of rotatable bonds is 18. The summed E-state index contributed by atoms with van der Waals surface area (Å²) in [5.41, 5.74) is 3.15. The van der Waals surface area contributed by atoms with Crippen molar-refractivity contribution in [3.8, 4) is 17.2 Å². The molecular formula is C38H47NO8. The van der Waals surface area contributed by atoms with Crippen molar-refractivity contribution >= 4 is 10.8 Å². The van der Waals surface area contributed by atoms with Crippen LogP contribution in [0.2, 0.25) is 0 Å². The number of hydrogen-bond acceptors (Lipinski definition) is 9. The van der Waals surface area contributed by atoms with E-state index in [1.165, 1.54) is 0 Å². The van der Waals surface area contributed by atoms with E-state index in [-0.39, 0.29) is 31.3 Å². The Morgan fingerprint density at radius 3 is 2.30 bits per heavy atom. The van der Waals surface area contributed by atoms with Crippen molar-refractivity contribution in [2.45, 2.75) is 43.9 Å². The summed E-state index contributed by atoms with van der Waals surface area (Å²) in [5, 5.41) is 15.9. The Balaban J connectivity index is 1.21. The van der Waals surface area contributed by atoms with Crippen molar-refractivity contribution < 1.29 is 38.3 Å². The van der Waals surface area contributed by atoms with Crippen LogP contribution in [0.15, 0.2) is 84.9 Å². The van der Waals surface area contributed by atoms with Crippen molar-refractivity contribution in [1.82, 2.24) is 5.32 Å². The van der Waals surface area contributed by atoms with Gasteiger partial charge in [0.2, 0.25) is 0 Å². The summed E-state index contributed by atoms with van der Waals surface area (Å²) in [6.45, 7) is 3.74. The van der Waals surface area contributed by atoms with Crippen molar-refractivity contribution in [3.63, 3.8) is 0 Å². The number of nitrogens with one attached hydrogen (secondary N) is 1. The molecule has 0 spiro atoms. The first-order valence-corrected chi connectivity index (χ1v) is 16.2. The third kappa shape index (κ3) is 9.67. The highest BCUT2D eigenvalue weighted by molar-refractivity contribution is 5.89. The monoisotopic (exact) mass is 645 g/mol. The minimum Gasteiger partial charge on any atom is -0.496 e. The molecule has 4 atom stereocenters. The molecular weight excluding hydrogens is 598 g/mol. The zero-order valence-electron chi connectivity index (χ0n) is 27.6. The summed E-state index contributed by atoms with van der Waals surface area (Å²) >= 11 is 0. The van der Waals surface area contributed by atoms with Gasteiger partial charge in [-0.15, -0.1) is 0 Å². The molecule has 4 aromatic rings. The molecule has 2 N–H and O–H groups in total. The van der Waals surface area contributed by atoms with Crippen molar-refractivity contribution in [2.75, 3.05) is 60.8 Å². The summed E-state index contributed by atoms with van der Waals surface area (Å²) in [6, 6.07) is 28.4. The lowest BCUT2D eigenvalue weighted by atomic mass is 9.85. The van der Waals surface area contributed by atoms with E-state index in [1.807, 2.05) is 54.6 Å². The molecule has 1 fully saturated rings. The molecule has 9 nitrogen and oxygen atoms in total. The van der Waals surface area contributed by atoms with E-state index in [0.717, 1.165) is 51.1 Å². The summed E-state index contributed by atoms with van der Waals surface area (Å²) in [4.78, 5) is 0. The Bertz CT molecular complexity index is 1510. The molecule has 1 aliphatic heterocycles. The Labute approximate surface area is 277 Å². The van der Waals surface area contributed by atoms with Crippen molar-refractivity contribution in [3.05, 3.63) is 102 Å². The number of para-hydroxylation sites is 1. The highest BCUT2D eigenvalue weighted by Crippen LogP contribution is 2.33. The van der Waals surface area contributed by atoms with Gasteiger partial charge < -0.3 is 43.6 Å². The smallest absolute Gasteiger partial charge is 0.127 e. The SMILES string of the molecule is COC[C@H](O)CO[C@@H]1CNC[C@H](OCc2cc(OC)c3ccccc3c2)[C@H]1c1ccc(OCCCOCc2ccccc2OC)cc1. The van der Waals surface area contributed by atoms with E-state index in [2.05, 4.69) is 35.6 Å². The number of fused-ring (bicyclic) bond motifs is 1. The van der Waals surface area contributed by atoms with Gasteiger partial charge in [-0.25, -0.2) is 0 Å². The number of aliphatic hydroxyl groups is 1. The molecule has 0 aliphatic carbocycles. The minimum absolute atomic E-state index is 0.0641. The van der Waals surface area contributed by atoms with Gasteiger partial charge in [0.15, 0.2) is 0 Å². The molecule has 4 aromatic carbocycles. The van der Waals surface area contributed by atoms with Crippen LogP contribution in [0.1, 0.15) is 29.0 Å². The molecule has 0 radical (unpaired) electrons. The third-order valence-corrected chi connectivity index (χ3v) is 8.34. The number of hydrogen-bond donors (Lipinski definition) is 2. The van der Waals surface area contributed by atoms with Crippen LogP contribution in [-0.2, 0) is 32.2 Å². The molecule has 47 heavy (non-hydrogen) atoms. The Morgan fingerprint density at radius 1 is 0.766 bits per heavy atom. The maximum atomic E-state index is 10.3. The highest BCUT2D eigenvalue weighted by Gasteiger charge is 2.36. The van der Waals surface area contributed by atoms with E-state index in [1.54, 1.807) is 21.3 Å². The third-order valence-electron chi connectivity index (χ3n) is 8.34. The molecule has 1 saturated heterocycles. The van der Waals surface area contributed by atoms with Gasteiger partial charge in [-0.05, 0) is 46.8 Å². The molecule has 252 valence electrons. The van der Waals surface area contributed by atoms with Crippen LogP contribution < -0.4 is 19.5 Å². The van der Waals surface area contributed by atoms with E-state index >= 15 is 0 Å². The van der Waals surface area contributed by atoms with Crippen molar-refractivity contribution in [2.24, 2.45) is 0 Å². The first-order chi connectivity index (χ1) is 23.1. The summed E-state index contributed by atoms with van der Waals surface area (Å²) in [6.07, 6.45) is -0.321. The summed E-state index contributed by atoms with van der Waals surface area (Å²) in [5.74, 6) is 2.39. The lowest BCUT2D eigenvalue weighted by molar-refractivity contribution is -0.0856. The standard InChI is InChI=1S/C38H47NO8/c1-41-25-31(40)26-47-37-22-39-21-36(46-23-27-19-29-9-4-6-11-33(29)35(20-27)43-3)38(37)28-13-15-32(16-14-28)45-18-8-17-44-24-30-10-5-7-12-34(30)42-2/h4-7,9-16,19-20,31,36-40H,8,17-18,21-26H2,1-3H3/t31-,36-,37+,38+/m0/s1. The molecule has 0 saturated carbocycles. The highest BCUT2D eigenvalue weighted by atomic mass is 16.5. The first-order valence-electron chi connectivity index (χ1n) is 16.2. The number of aliphatic hydroxyl groups excluding tert-OH is 1. The number of piperidine rings is 1. The predicted octanol–water partition coefficient (Wildman–Crippen LogP) is 5.51. The fourth-order valence-corrected chi connectivity index (χ4v) is 6.02. The van der Waals surface area contributed by atoms with Gasteiger partial charge in [0.1, 0.15) is 23.4 Å². The van der Waals surface area contributed by atoms with E-state index < -0.39 is 6.10 Å². The fraction of sp³-hybridized carbons (Fsp3) is 0.421. The quantitative estimate of drug-likeness (QED) is 0.136. The molecule has 1 heterocycles. The van der Waals surface area contributed by atoms with E-state index in [0.29, 0.717) is 39.5 Å². The second-order valence-corrected chi connectivity index (χ2v) is 11.7. The number of methoxy groups -OCH3 is 3. The van der Waals surface area contributed by atoms with Crippen LogP contribution >= 0.6 is 0 Å². The minimum atomic E-state index is -0.707. The second-order valence-electron chi connectivity index (χ2n) is 11.7. The summed E-state index contributed by atoms with van der Waals surface area (Å²) in [7, 11) is 4.93. The van der Waals surface area contributed by atoms with Gasteiger partial charge in [-0.3, -0.25) is 0 Å². The molecule has 0 aromatic heterocycles. The van der Waals surface area contributed by atoms with Gasteiger partial charge in [-0.2, -0.15) is 0 Å². The van der Waals surface area contributed by atoms with Crippen LogP contribution in [0.4, 0.5) is 0 Å². The van der Waals surface area contributed by atoms with E-state index in [4.69, 9.17) is 33.2 Å². The average molecular weight is 646 g/mol. The largest absolute Gasteiger partial charge is 0.496 e. The second kappa shape index (κ2) is 18.0. The Hall–Kier alpha value is -3.70. The van der Waals surface area contributed by atoms with Gasteiger partial charge in [0, 0.05) is 43.5 Å². The van der Waals surface area contributed by atoms with E-state index in [9.17, 15) is 5.11 Å². The van der Waals surface area contributed by atoms with Crippen LogP contribution in [0, 0.1) is 0 Å². The number of benzene rings is 4. The maximum absolute atomic E-state index is 10.3. The lowest BCUT2D eigenvalue weighted by Gasteiger charge is -2.39. The molecule has 9 heteroatoms. The normalized spacial score (nSPS) is 18.6. The topological polar surface area (TPSA) is 96.9 Å². The zero-order chi connectivity index (χ0) is 32.8. The zero-order valence-corrected chi connectivity index (χ0v) is 27.6. The molecule has 0 amide bonds. The van der Waals surface area contributed by atoms with Crippen LogP contribution in [-0.4, -0.2) is 84.3 Å². The Morgan fingerprint density at radius 2 is 1.51 bits per heavy atom. The lowest BCUT2D eigenvalue weighted by Crippen LogP contribution is -2.51. The van der Waals surface area contributed by atoms with Crippen LogP contribution in [0.25, 0.3) is 10.8 Å². The van der Waals surface area contributed by atoms with Gasteiger partial charge >= 0.3 is 0 Å². The first kappa shape index (κ1) is 34.6. The summed E-state index contributed by atoms with van der Waals surface area (Å²) < 4.78 is 40.9. The molecule has 5 rings (SSSR count). The van der Waals surface area contributed by atoms with Crippen LogP contribution in [0.3, 0.4) is 0 Å². The molecule has 0 unspecified atom stereocenters. The van der Waals surface area contributed by atoms with Crippen LogP contribution in [0.5, 0.6) is 17.2 Å². The molecule has 0 bridgehead atoms.